The summed E-state index contributed by atoms with van der Waals surface area (Å²) in [5.41, 5.74) is 0.390. The lowest BCUT2D eigenvalue weighted by molar-refractivity contribution is 0.187. The molecule has 1 aliphatic carbocycles. The Hall–Kier alpha value is 0.100. The van der Waals surface area contributed by atoms with Gasteiger partial charge in [-0.25, -0.2) is 0 Å². The van der Waals surface area contributed by atoms with Gasteiger partial charge in [0.05, 0.1) is 6.61 Å². The average Bonchev–Trinajstić information content (AvgIpc) is 3.13. The van der Waals surface area contributed by atoms with Crippen molar-refractivity contribution >= 4 is 27.3 Å². The molecule has 4 heteroatoms. The molecule has 1 saturated carbocycles. The molecule has 1 N–H and O–H groups in total. The molecule has 102 valence electrons. The van der Waals surface area contributed by atoms with Crippen molar-refractivity contribution in [1.82, 2.24) is 5.32 Å². The van der Waals surface area contributed by atoms with Crippen LogP contribution in [-0.2, 0) is 11.2 Å². The molecule has 0 radical (unpaired) electrons. The molecule has 2 nitrogen and oxygen atoms in total. The lowest BCUT2D eigenvalue weighted by atomic mass is 9.81. The number of rotatable bonds is 8. The first-order valence-corrected chi connectivity index (χ1v) is 8.24. The molecule has 1 aromatic rings. The molecule has 0 spiro atoms. The minimum Gasteiger partial charge on any atom is -0.383 e. The minimum absolute atomic E-state index is 0.390. The zero-order valence-electron chi connectivity index (χ0n) is 11.2. The second kappa shape index (κ2) is 6.51. The lowest BCUT2D eigenvalue weighted by Gasteiger charge is -2.30. The summed E-state index contributed by atoms with van der Waals surface area (Å²) in [7, 11) is 1.75. The maximum absolute atomic E-state index is 5.09. The standard InChI is InChI=1S/C14H22BrNOS/c1-14(11-3-4-11,10-16-6-7-17-2)9-13-12(15)5-8-18-13/h5,8,11,16H,3-4,6-7,9-10H2,1-2H3. The summed E-state index contributed by atoms with van der Waals surface area (Å²) in [4.78, 5) is 1.48. The van der Waals surface area contributed by atoms with Crippen molar-refractivity contribution in [3.63, 3.8) is 0 Å². The summed E-state index contributed by atoms with van der Waals surface area (Å²) in [6, 6.07) is 2.16. The van der Waals surface area contributed by atoms with Crippen molar-refractivity contribution in [1.29, 1.82) is 0 Å². The lowest BCUT2D eigenvalue weighted by Crippen LogP contribution is -2.36. The van der Waals surface area contributed by atoms with E-state index in [0.29, 0.717) is 5.41 Å². The van der Waals surface area contributed by atoms with Crippen LogP contribution < -0.4 is 5.32 Å². The van der Waals surface area contributed by atoms with E-state index in [2.05, 4.69) is 39.6 Å². The minimum atomic E-state index is 0.390. The van der Waals surface area contributed by atoms with E-state index in [4.69, 9.17) is 4.74 Å². The SMILES string of the molecule is COCCNCC(C)(Cc1sccc1Br)C1CC1. The highest BCUT2D eigenvalue weighted by Gasteiger charge is 2.41. The van der Waals surface area contributed by atoms with Crippen LogP contribution in [0.2, 0.25) is 0 Å². The number of nitrogens with one attached hydrogen (secondary N) is 1. The Kier molecular flexibility index (Phi) is 5.24. The van der Waals surface area contributed by atoms with Gasteiger partial charge < -0.3 is 10.1 Å². The normalized spacial score (nSPS) is 18.8. The summed E-state index contributed by atoms with van der Waals surface area (Å²) in [5, 5.41) is 5.72. The van der Waals surface area contributed by atoms with E-state index in [1.54, 1.807) is 7.11 Å². The first-order valence-electron chi connectivity index (χ1n) is 6.57. The molecule has 0 saturated heterocycles. The van der Waals surface area contributed by atoms with Crippen LogP contribution in [0.15, 0.2) is 15.9 Å². The number of hydrogen-bond acceptors (Lipinski definition) is 3. The van der Waals surface area contributed by atoms with Crippen LogP contribution in [0.1, 0.15) is 24.6 Å². The van der Waals surface area contributed by atoms with E-state index in [9.17, 15) is 0 Å². The fourth-order valence-electron chi connectivity index (χ4n) is 2.50. The monoisotopic (exact) mass is 331 g/mol. The summed E-state index contributed by atoms with van der Waals surface area (Å²) in [6.45, 7) is 5.26. The van der Waals surface area contributed by atoms with E-state index in [1.165, 1.54) is 28.6 Å². The predicted molar refractivity (Wildman–Crippen MR) is 81.3 cm³/mol. The highest BCUT2D eigenvalue weighted by atomic mass is 79.9. The maximum atomic E-state index is 5.09. The van der Waals surface area contributed by atoms with Gasteiger partial charge in [-0.2, -0.15) is 0 Å². The van der Waals surface area contributed by atoms with Gasteiger partial charge in [0, 0.05) is 29.5 Å². The molecule has 1 heterocycles. The van der Waals surface area contributed by atoms with Crippen LogP contribution in [0, 0.1) is 11.3 Å². The van der Waals surface area contributed by atoms with Crippen LogP contribution in [-0.4, -0.2) is 26.8 Å². The summed E-state index contributed by atoms with van der Waals surface area (Å²) in [6.07, 6.45) is 3.97. The molecule has 0 aliphatic heterocycles. The molecular weight excluding hydrogens is 310 g/mol. The Balaban J connectivity index is 1.92. The Morgan fingerprint density at radius 1 is 1.56 bits per heavy atom. The molecule has 0 aromatic carbocycles. The van der Waals surface area contributed by atoms with Crippen LogP contribution in [0.25, 0.3) is 0 Å². The van der Waals surface area contributed by atoms with E-state index in [1.807, 2.05) is 11.3 Å². The van der Waals surface area contributed by atoms with Gasteiger partial charge in [-0.1, -0.05) is 6.92 Å². The first-order chi connectivity index (χ1) is 8.65. The molecule has 1 fully saturated rings. The van der Waals surface area contributed by atoms with E-state index in [0.717, 1.165) is 25.6 Å². The molecular formula is C14H22BrNOS. The van der Waals surface area contributed by atoms with Crippen LogP contribution in [0.5, 0.6) is 0 Å². The van der Waals surface area contributed by atoms with Gasteiger partial charge in [-0.3, -0.25) is 0 Å². The fourth-order valence-corrected chi connectivity index (χ4v) is 4.19. The molecule has 0 amide bonds. The summed E-state index contributed by atoms with van der Waals surface area (Å²) in [5.74, 6) is 0.890. The topological polar surface area (TPSA) is 21.3 Å². The Labute approximate surface area is 122 Å². The molecule has 2 rings (SSSR count). The number of ether oxygens (including phenoxy) is 1. The zero-order valence-corrected chi connectivity index (χ0v) is 13.6. The second-order valence-electron chi connectivity index (χ2n) is 5.47. The molecule has 1 unspecified atom stereocenters. The molecule has 0 bridgehead atoms. The predicted octanol–water partition coefficient (Wildman–Crippen LogP) is 3.71. The van der Waals surface area contributed by atoms with Crippen molar-refractivity contribution in [2.75, 3.05) is 26.8 Å². The molecule has 18 heavy (non-hydrogen) atoms. The molecule has 1 aliphatic rings. The third-order valence-electron chi connectivity index (χ3n) is 3.83. The van der Waals surface area contributed by atoms with Gasteiger partial charge >= 0.3 is 0 Å². The van der Waals surface area contributed by atoms with Crippen molar-refractivity contribution < 1.29 is 4.74 Å². The Bertz CT molecular complexity index is 378. The van der Waals surface area contributed by atoms with E-state index >= 15 is 0 Å². The van der Waals surface area contributed by atoms with Gasteiger partial charge in [-0.05, 0) is 58.0 Å². The molecule has 1 aromatic heterocycles. The van der Waals surface area contributed by atoms with Gasteiger partial charge in [0.1, 0.15) is 0 Å². The largest absolute Gasteiger partial charge is 0.383 e. The smallest absolute Gasteiger partial charge is 0.0587 e. The van der Waals surface area contributed by atoms with Crippen molar-refractivity contribution in [2.24, 2.45) is 11.3 Å². The summed E-state index contributed by atoms with van der Waals surface area (Å²) < 4.78 is 6.36. The maximum Gasteiger partial charge on any atom is 0.0587 e. The quantitative estimate of drug-likeness (QED) is 0.733. The van der Waals surface area contributed by atoms with E-state index < -0.39 is 0 Å². The Morgan fingerprint density at radius 2 is 2.33 bits per heavy atom. The number of halogens is 1. The number of thiophene rings is 1. The second-order valence-corrected chi connectivity index (χ2v) is 7.32. The number of hydrogen-bond donors (Lipinski definition) is 1. The highest BCUT2D eigenvalue weighted by Crippen LogP contribution is 2.48. The first kappa shape index (κ1) is 14.5. The number of methoxy groups -OCH3 is 1. The van der Waals surface area contributed by atoms with E-state index in [-0.39, 0.29) is 0 Å². The third kappa shape index (κ3) is 3.80. The van der Waals surface area contributed by atoms with Crippen LogP contribution >= 0.6 is 27.3 Å². The third-order valence-corrected chi connectivity index (χ3v) is 5.76. The van der Waals surface area contributed by atoms with Crippen LogP contribution in [0.3, 0.4) is 0 Å². The zero-order chi connectivity index (χ0) is 13.0. The van der Waals surface area contributed by atoms with Crippen LogP contribution in [0.4, 0.5) is 0 Å². The average molecular weight is 332 g/mol. The highest BCUT2D eigenvalue weighted by molar-refractivity contribution is 9.10. The van der Waals surface area contributed by atoms with Crippen molar-refractivity contribution in [3.8, 4) is 0 Å². The van der Waals surface area contributed by atoms with Crippen molar-refractivity contribution in [2.45, 2.75) is 26.2 Å². The van der Waals surface area contributed by atoms with Gasteiger partial charge in [0.15, 0.2) is 0 Å². The Morgan fingerprint density at radius 3 is 2.89 bits per heavy atom. The summed E-state index contributed by atoms with van der Waals surface area (Å²) >= 11 is 5.52. The van der Waals surface area contributed by atoms with Gasteiger partial charge in [0.25, 0.3) is 0 Å². The molecule has 1 atom stereocenters. The van der Waals surface area contributed by atoms with Gasteiger partial charge in [0.2, 0.25) is 0 Å². The van der Waals surface area contributed by atoms with Gasteiger partial charge in [-0.15, -0.1) is 11.3 Å². The fraction of sp³-hybridized carbons (Fsp3) is 0.714. The van der Waals surface area contributed by atoms with Crippen molar-refractivity contribution in [3.05, 3.63) is 20.8 Å².